The predicted molar refractivity (Wildman–Crippen MR) is 66.7 cm³/mol. The Labute approximate surface area is 102 Å². The summed E-state index contributed by atoms with van der Waals surface area (Å²) in [7, 11) is 3.18. The van der Waals surface area contributed by atoms with Crippen LogP contribution in [0.15, 0.2) is 16.9 Å². The van der Waals surface area contributed by atoms with Gasteiger partial charge in [-0.1, -0.05) is 13.0 Å². The molecular weight excluding hydrogens is 223 g/mol. The quantitative estimate of drug-likeness (QED) is 0.484. The third-order valence-corrected chi connectivity index (χ3v) is 2.36. The van der Waals surface area contributed by atoms with Gasteiger partial charge in [-0.25, -0.2) is 4.39 Å². The number of halogens is 1. The molecule has 0 fully saturated rings. The zero-order chi connectivity index (χ0) is 13.3. The summed E-state index contributed by atoms with van der Waals surface area (Å²) in [6, 6.07) is 0. The Morgan fingerprint density at radius 3 is 2.76 bits per heavy atom. The van der Waals surface area contributed by atoms with Crippen LogP contribution in [0.2, 0.25) is 0 Å². The van der Waals surface area contributed by atoms with E-state index in [-0.39, 0.29) is 30.6 Å². The molecule has 98 valence electrons. The fraction of sp³-hybridized carbons (Fsp3) is 0.667. The lowest BCUT2D eigenvalue weighted by Gasteiger charge is -2.15. The molecule has 0 aromatic rings. The van der Waals surface area contributed by atoms with Crippen LogP contribution in [0.25, 0.3) is 0 Å². The minimum Gasteiger partial charge on any atom is -0.302 e. The number of hydrogen-bond acceptors (Lipinski definition) is 4. The first-order valence-electron chi connectivity index (χ1n) is 5.58. The Morgan fingerprint density at radius 1 is 1.59 bits per heavy atom. The summed E-state index contributed by atoms with van der Waals surface area (Å²) in [6.07, 6.45) is 3.36. The van der Waals surface area contributed by atoms with Gasteiger partial charge in [0.05, 0.1) is 20.2 Å². The minimum atomic E-state index is -0.303. The highest BCUT2D eigenvalue weighted by Crippen LogP contribution is 2.09. The maximum absolute atomic E-state index is 13.1. The molecule has 0 rings (SSSR count). The average Bonchev–Trinajstić information content (AvgIpc) is 2.32. The maximum Gasteiger partial charge on any atom is 0.152 e. The van der Waals surface area contributed by atoms with Gasteiger partial charge in [-0.15, -0.1) is 0 Å². The van der Waals surface area contributed by atoms with E-state index in [1.807, 2.05) is 0 Å². The second-order valence-corrected chi connectivity index (χ2v) is 3.82. The number of carbonyl (C=O) groups is 1. The Balaban J connectivity index is 4.07. The zero-order valence-corrected chi connectivity index (χ0v) is 10.9. The number of ketones is 1. The van der Waals surface area contributed by atoms with Gasteiger partial charge in [-0.2, -0.15) is 5.06 Å². The van der Waals surface area contributed by atoms with Crippen molar-refractivity contribution in [3.05, 3.63) is 11.9 Å². The molecule has 0 heterocycles. The van der Waals surface area contributed by atoms with Gasteiger partial charge in [-0.3, -0.25) is 9.79 Å². The van der Waals surface area contributed by atoms with Crippen LogP contribution in [0.1, 0.15) is 20.3 Å². The Bertz CT molecular complexity index is 290. The topological polar surface area (TPSA) is 41.9 Å². The van der Waals surface area contributed by atoms with E-state index < -0.39 is 0 Å². The van der Waals surface area contributed by atoms with Crippen LogP contribution in [-0.2, 0) is 9.63 Å². The number of rotatable bonds is 8. The lowest BCUT2D eigenvalue weighted by atomic mass is 10.0. The van der Waals surface area contributed by atoms with Gasteiger partial charge >= 0.3 is 0 Å². The molecule has 0 aromatic heterocycles. The van der Waals surface area contributed by atoms with Crippen molar-refractivity contribution in [2.75, 3.05) is 27.2 Å². The standard InChI is InChI=1S/C12H21FN2O2/c1-5-14-8-11(13)7-6-10(2)12(16)9-15(3)17-4/h5,7,10H,6,8-9H2,1-4H3. The lowest BCUT2D eigenvalue weighted by molar-refractivity contribution is -0.143. The summed E-state index contributed by atoms with van der Waals surface area (Å²) in [6.45, 7) is 3.77. The number of likely N-dealkylation sites (N-methyl/N-ethyl adjacent to an activating group) is 1. The first-order chi connectivity index (χ1) is 8.01. The largest absolute Gasteiger partial charge is 0.302 e. The number of hydrogen-bond donors (Lipinski definition) is 0. The van der Waals surface area contributed by atoms with E-state index in [0.717, 1.165) is 0 Å². The van der Waals surface area contributed by atoms with Crippen molar-refractivity contribution < 1.29 is 14.0 Å². The van der Waals surface area contributed by atoms with Crippen molar-refractivity contribution in [2.45, 2.75) is 20.3 Å². The highest BCUT2D eigenvalue weighted by molar-refractivity contribution is 5.82. The van der Waals surface area contributed by atoms with Gasteiger partial charge in [0.25, 0.3) is 0 Å². The van der Waals surface area contributed by atoms with Crippen LogP contribution >= 0.6 is 0 Å². The molecule has 0 amide bonds. The number of hydroxylamine groups is 2. The van der Waals surface area contributed by atoms with Gasteiger partial charge in [0, 0.05) is 13.0 Å². The number of carbonyl (C=O) groups excluding carboxylic acids is 1. The molecule has 0 N–H and O–H groups in total. The van der Waals surface area contributed by atoms with Crippen molar-refractivity contribution >= 4 is 12.0 Å². The normalized spacial score (nSPS) is 14.6. The van der Waals surface area contributed by atoms with Crippen LogP contribution in [0.4, 0.5) is 4.39 Å². The van der Waals surface area contributed by atoms with Gasteiger partial charge in [0.1, 0.15) is 5.83 Å². The number of Topliss-reactive ketones (excluding diaryl/α,β-unsaturated/α-hetero) is 1. The first-order valence-corrected chi connectivity index (χ1v) is 5.58. The summed E-state index contributed by atoms with van der Waals surface area (Å²) in [5, 5.41) is 1.44. The van der Waals surface area contributed by atoms with Crippen molar-refractivity contribution in [2.24, 2.45) is 10.9 Å². The van der Waals surface area contributed by atoms with E-state index in [1.165, 1.54) is 18.2 Å². The predicted octanol–water partition coefficient (Wildman–Crippen LogP) is 2.02. The molecule has 0 aliphatic carbocycles. The molecule has 0 bridgehead atoms. The second kappa shape index (κ2) is 9.01. The van der Waals surface area contributed by atoms with E-state index in [9.17, 15) is 9.18 Å². The first kappa shape index (κ1) is 15.9. The Morgan fingerprint density at radius 2 is 2.24 bits per heavy atom. The molecule has 0 saturated carbocycles. The molecule has 17 heavy (non-hydrogen) atoms. The molecule has 0 aliphatic heterocycles. The van der Waals surface area contributed by atoms with E-state index >= 15 is 0 Å². The van der Waals surface area contributed by atoms with Gasteiger partial charge < -0.3 is 4.84 Å². The van der Waals surface area contributed by atoms with Gasteiger partial charge in [0.15, 0.2) is 5.78 Å². The van der Waals surface area contributed by atoms with E-state index in [1.54, 1.807) is 27.1 Å². The summed E-state index contributed by atoms with van der Waals surface area (Å²) in [4.78, 5) is 20.3. The Kier molecular flexibility index (Phi) is 8.44. The molecule has 0 radical (unpaired) electrons. The zero-order valence-electron chi connectivity index (χ0n) is 10.9. The molecule has 5 heteroatoms. The van der Waals surface area contributed by atoms with Gasteiger partial charge in [0.2, 0.25) is 0 Å². The fourth-order valence-corrected chi connectivity index (χ4v) is 1.12. The van der Waals surface area contributed by atoms with Crippen LogP contribution in [0, 0.1) is 5.92 Å². The fourth-order valence-electron chi connectivity index (χ4n) is 1.12. The smallest absolute Gasteiger partial charge is 0.152 e. The summed E-state index contributed by atoms with van der Waals surface area (Å²) in [5.41, 5.74) is 0. The van der Waals surface area contributed by atoms with Gasteiger partial charge in [-0.05, 0) is 19.6 Å². The third kappa shape index (κ3) is 7.76. The number of nitrogens with zero attached hydrogens (tertiary/aromatic N) is 2. The monoisotopic (exact) mass is 244 g/mol. The van der Waals surface area contributed by atoms with Crippen LogP contribution in [0.3, 0.4) is 0 Å². The lowest BCUT2D eigenvalue weighted by Crippen LogP contribution is -2.28. The highest BCUT2D eigenvalue weighted by Gasteiger charge is 2.14. The molecule has 0 aliphatic rings. The van der Waals surface area contributed by atoms with E-state index in [0.29, 0.717) is 6.42 Å². The maximum atomic E-state index is 13.1. The van der Waals surface area contributed by atoms with Crippen LogP contribution in [-0.4, -0.2) is 44.3 Å². The van der Waals surface area contributed by atoms with Crippen molar-refractivity contribution in [1.82, 2.24) is 5.06 Å². The SMILES string of the molecule is CC=NCC(F)=CCC(C)C(=O)CN(C)OC. The second-order valence-electron chi connectivity index (χ2n) is 3.82. The minimum absolute atomic E-state index is 0.0254. The van der Waals surface area contributed by atoms with Crippen LogP contribution in [0.5, 0.6) is 0 Å². The van der Waals surface area contributed by atoms with E-state index in [2.05, 4.69) is 4.99 Å². The third-order valence-electron chi connectivity index (χ3n) is 2.36. The Hall–Kier alpha value is -1.07. The van der Waals surface area contributed by atoms with Crippen molar-refractivity contribution in [3.8, 4) is 0 Å². The van der Waals surface area contributed by atoms with Crippen molar-refractivity contribution in [3.63, 3.8) is 0 Å². The molecule has 1 atom stereocenters. The molecule has 4 nitrogen and oxygen atoms in total. The summed E-state index contributed by atoms with van der Waals surface area (Å²) < 4.78 is 13.1. The summed E-state index contributed by atoms with van der Waals surface area (Å²) in [5.74, 6) is -0.496. The average molecular weight is 244 g/mol. The van der Waals surface area contributed by atoms with E-state index in [4.69, 9.17) is 4.84 Å². The summed E-state index contributed by atoms with van der Waals surface area (Å²) >= 11 is 0. The number of allylic oxidation sites excluding steroid dienone is 1. The molecule has 0 saturated heterocycles. The van der Waals surface area contributed by atoms with Crippen molar-refractivity contribution in [1.29, 1.82) is 0 Å². The molecule has 0 aromatic carbocycles. The molecule has 0 spiro atoms. The molecule has 1 unspecified atom stereocenters. The highest BCUT2D eigenvalue weighted by atomic mass is 19.1. The number of aliphatic imine (C=N–C) groups is 1. The van der Waals surface area contributed by atoms with Crippen LogP contribution < -0.4 is 0 Å². The molecular formula is C12H21FN2O2.